The van der Waals surface area contributed by atoms with Crippen LogP contribution in [0.3, 0.4) is 0 Å². The van der Waals surface area contributed by atoms with Crippen molar-refractivity contribution in [2.75, 3.05) is 39.5 Å². The molecule has 0 amide bonds. The third-order valence-corrected chi connectivity index (χ3v) is 8.23. The predicted molar refractivity (Wildman–Crippen MR) is 117 cm³/mol. The van der Waals surface area contributed by atoms with Crippen LogP contribution in [0.5, 0.6) is 0 Å². The molecule has 5 rings (SSSR count). The van der Waals surface area contributed by atoms with Gasteiger partial charge in [0.15, 0.2) is 0 Å². The lowest BCUT2D eigenvalue weighted by molar-refractivity contribution is -0.150. The number of esters is 1. The fourth-order valence-corrected chi connectivity index (χ4v) is 6.87. The van der Waals surface area contributed by atoms with E-state index in [2.05, 4.69) is 18.7 Å². The van der Waals surface area contributed by atoms with Gasteiger partial charge in [-0.2, -0.15) is 0 Å². The van der Waals surface area contributed by atoms with Gasteiger partial charge >= 0.3 is 12.1 Å². The molecule has 1 heterocycles. The van der Waals surface area contributed by atoms with Crippen LogP contribution in [0.1, 0.15) is 58.3 Å². The van der Waals surface area contributed by atoms with Gasteiger partial charge in [0.05, 0.1) is 13.2 Å². The summed E-state index contributed by atoms with van der Waals surface area (Å²) in [6.07, 6.45) is 8.81. The van der Waals surface area contributed by atoms with E-state index in [1.807, 2.05) is 0 Å². The SMILES string of the molecule is [CH2]C(COC(=O)CC1[C@H]2CC3CC(C2)C[C@@H]1C3)COC(=O)OCC1CCCN(CC)C1. The predicted octanol–water partition coefficient (Wildman–Crippen LogP) is 4.33. The molecular weight excluding hydrogens is 394 g/mol. The second-order valence-corrected chi connectivity index (χ2v) is 10.6. The van der Waals surface area contributed by atoms with Gasteiger partial charge in [-0.1, -0.05) is 6.92 Å². The second kappa shape index (κ2) is 10.5. The molecule has 5 aliphatic rings. The first-order valence-electron chi connectivity index (χ1n) is 12.5. The fourth-order valence-electron chi connectivity index (χ4n) is 6.87. The molecule has 6 nitrogen and oxygen atoms in total. The van der Waals surface area contributed by atoms with Crippen LogP contribution in [0.15, 0.2) is 0 Å². The summed E-state index contributed by atoms with van der Waals surface area (Å²) in [5.41, 5.74) is 0. The van der Waals surface area contributed by atoms with Gasteiger partial charge in [-0.25, -0.2) is 4.79 Å². The summed E-state index contributed by atoms with van der Waals surface area (Å²) in [6.45, 7) is 9.94. The Bertz CT molecular complexity index is 595. The van der Waals surface area contributed by atoms with E-state index < -0.39 is 6.16 Å². The number of hydrogen-bond donors (Lipinski definition) is 0. The lowest BCUT2D eigenvalue weighted by Crippen LogP contribution is -2.45. The van der Waals surface area contributed by atoms with Crippen LogP contribution >= 0.6 is 0 Å². The van der Waals surface area contributed by atoms with Crippen LogP contribution in [0.25, 0.3) is 0 Å². The number of carbonyl (C=O) groups is 2. The van der Waals surface area contributed by atoms with Crippen molar-refractivity contribution in [3.05, 3.63) is 6.92 Å². The molecule has 2 unspecified atom stereocenters. The summed E-state index contributed by atoms with van der Waals surface area (Å²) in [7, 11) is 0. The highest BCUT2D eigenvalue weighted by Gasteiger charge is 2.48. The Morgan fingerprint density at radius 1 is 1.00 bits per heavy atom. The maximum absolute atomic E-state index is 12.4. The fraction of sp³-hybridized carbons (Fsp3) is 0.880. The molecule has 6 heteroatoms. The van der Waals surface area contributed by atoms with Gasteiger partial charge in [0.25, 0.3) is 0 Å². The minimum Gasteiger partial charge on any atom is -0.465 e. The molecule has 4 aliphatic carbocycles. The van der Waals surface area contributed by atoms with Crippen LogP contribution in [0, 0.1) is 48.3 Å². The Balaban J connectivity index is 1.08. The van der Waals surface area contributed by atoms with E-state index in [9.17, 15) is 9.59 Å². The molecule has 1 radical (unpaired) electrons. The van der Waals surface area contributed by atoms with Crippen molar-refractivity contribution < 1.29 is 23.8 Å². The molecule has 31 heavy (non-hydrogen) atoms. The highest BCUT2D eigenvalue weighted by Crippen LogP contribution is 2.57. The highest BCUT2D eigenvalue weighted by atomic mass is 16.7. The molecule has 4 bridgehead atoms. The lowest BCUT2D eigenvalue weighted by atomic mass is 9.51. The monoisotopic (exact) mass is 434 g/mol. The van der Waals surface area contributed by atoms with E-state index in [0.29, 0.717) is 24.9 Å². The average molecular weight is 435 g/mol. The average Bonchev–Trinajstić information content (AvgIpc) is 2.77. The molecule has 0 aromatic heterocycles. The van der Waals surface area contributed by atoms with Gasteiger partial charge in [-0.05, 0) is 94.5 Å². The number of piperidine rings is 1. The first kappa shape index (κ1) is 22.9. The van der Waals surface area contributed by atoms with Crippen molar-refractivity contribution in [2.24, 2.45) is 41.4 Å². The molecule has 5 fully saturated rings. The van der Waals surface area contributed by atoms with Crippen LogP contribution < -0.4 is 0 Å². The van der Waals surface area contributed by atoms with E-state index in [1.54, 1.807) is 0 Å². The smallest absolute Gasteiger partial charge is 0.465 e. The summed E-state index contributed by atoms with van der Waals surface area (Å²) in [5.74, 6) is 3.78. The summed E-state index contributed by atoms with van der Waals surface area (Å²) in [4.78, 5) is 26.7. The van der Waals surface area contributed by atoms with E-state index in [0.717, 1.165) is 56.1 Å². The number of carbonyl (C=O) groups excluding carboxylic acids is 2. The van der Waals surface area contributed by atoms with Crippen molar-refractivity contribution in [1.82, 2.24) is 4.90 Å². The molecule has 175 valence electrons. The number of ether oxygens (including phenoxy) is 3. The number of nitrogens with zero attached hydrogens (tertiary/aromatic N) is 1. The van der Waals surface area contributed by atoms with Crippen molar-refractivity contribution in [2.45, 2.75) is 58.3 Å². The third-order valence-electron chi connectivity index (χ3n) is 8.23. The molecule has 1 aliphatic heterocycles. The highest BCUT2D eigenvalue weighted by molar-refractivity contribution is 5.69. The summed E-state index contributed by atoms with van der Waals surface area (Å²) >= 11 is 0. The molecule has 2 atom stereocenters. The largest absolute Gasteiger partial charge is 0.508 e. The first-order valence-corrected chi connectivity index (χ1v) is 12.5. The second-order valence-electron chi connectivity index (χ2n) is 10.6. The molecule has 0 aromatic carbocycles. The Hall–Kier alpha value is -1.30. The minimum atomic E-state index is -0.651. The number of hydrogen-bond acceptors (Lipinski definition) is 6. The Morgan fingerprint density at radius 3 is 2.35 bits per heavy atom. The molecule has 4 saturated carbocycles. The summed E-state index contributed by atoms with van der Waals surface area (Å²) in [6, 6.07) is 0. The van der Waals surface area contributed by atoms with Gasteiger partial charge in [0, 0.05) is 24.8 Å². The van der Waals surface area contributed by atoms with Crippen molar-refractivity contribution in [1.29, 1.82) is 0 Å². The molecule has 0 N–H and O–H groups in total. The maximum Gasteiger partial charge on any atom is 0.508 e. The Labute approximate surface area is 187 Å². The normalized spacial score (nSPS) is 35.5. The third kappa shape index (κ3) is 6.15. The maximum atomic E-state index is 12.4. The van der Waals surface area contributed by atoms with Gasteiger partial charge in [0.1, 0.15) is 6.61 Å². The van der Waals surface area contributed by atoms with Crippen LogP contribution in [-0.4, -0.2) is 56.5 Å². The van der Waals surface area contributed by atoms with Crippen molar-refractivity contribution >= 4 is 12.1 Å². The molecular formula is C25H40NO5. The topological polar surface area (TPSA) is 65.1 Å². The summed E-state index contributed by atoms with van der Waals surface area (Å²) in [5, 5.41) is 0. The first-order chi connectivity index (χ1) is 15.0. The number of likely N-dealkylation sites (tertiary alicyclic amines) is 1. The summed E-state index contributed by atoms with van der Waals surface area (Å²) < 4.78 is 15.9. The van der Waals surface area contributed by atoms with E-state index >= 15 is 0 Å². The number of rotatable bonds is 9. The standard InChI is InChI=1S/C25H40NO5/c1-3-26-6-4-5-18(13-26)16-31-25(28)30-15-17(2)14-29-24(27)12-23-21-8-19-7-20(10-21)11-22(23)9-19/h17-23H,2-16H2,1H3/t17?,18?,19?,20?,21-,22-,23?. The van der Waals surface area contributed by atoms with E-state index in [-0.39, 0.29) is 25.1 Å². The quantitative estimate of drug-likeness (QED) is 0.504. The van der Waals surface area contributed by atoms with Gasteiger partial charge in [-0.15, -0.1) is 0 Å². The minimum absolute atomic E-state index is 0.107. The van der Waals surface area contributed by atoms with Gasteiger partial charge in [-0.3, -0.25) is 4.79 Å². The molecule has 0 spiro atoms. The zero-order valence-corrected chi connectivity index (χ0v) is 19.1. The van der Waals surface area contributed by atoms with Crippen molar-refractivity contribution in [3.8, 4) is 0 Å². The van der Waals surface area contributed by atoms with Gasteiger partial charge < -0.3 is 19.1 Å². The van der Waals surface area contributed by atoms with E-state index in [4.69, 9.17) is 14.2 Å². The van der Waals surface area contributed by atoms with Crippen molar-refractivity contribution in [3.63, 3.8) is 0 Å². The van der Waals surface area contributed by atoms with E-state index in [1.165, 1.54) is 32.1 Å². The Kier molecular flexibility index (Phi) is 7.78. The zero-order chi connectivity index (χ0) is 21.8. The Morgan fingerprint density at radius 2 is 1.68 bits per heavy atom. The van der Waals surface area contributed by atoms with Crippen LogP contribution in [0.2, 0.25) is 0 Å². The molecule has 1 saturated heterocycles. The van der Waals surface area contributed by atoms with Gasteiger partial charge in [0.2, 0.25) is 0 Å². The zero-order valence-electron chi connectivity index (χ0n) is 19.1. The lowest BCUT2D eigenvalue weighted by Gasteiger charge is -2.54. The molecule has 0 aromatic rings. The van der Waals surface area contributed by atoms with Crippen LogP contribution in [0.4, 0.5) is 4.79 Å². The van der Waals surface area contributed by atoms with Crippen LogP contribution in [-0.2, 0) is 19.0 Å².